The number of aryl methyl sites for hydroxylation is 1. The van der Waals surface area contributed by atoms with Crippen LogP contribution in [-0.2, 0) is 10.0 Å². The van der Waals surface area contributed by atoms with E-state index in [2.05, 4.69) is 10.4 Å². The molecule has 0 unspecified atom stereocenters. The first kappa shape index (κ1) is 17.8. The zero-order valence-electron chi connectivity index (χ0n) is 14.3. The van der Waals surface area contributed by atoms with E-state index in [1.54, 1.807) is 42.9 Å². The van der Waals surface area contributed by atoms with Crippen LogP contribution in [0.1, 0.15) is 21.5 Å². The lowest BCUT2D eigenvalue weighted by Gasteiger charge is -2.11. The topological polar surface area (TPSA) is 107 Å². The third-order valence-electron chi connectivity index (χ3n) is 4.08. The molecule has 0 bridgehead atoms. The van der Waals surface area contributed by atoms with Gasteiger partial charge in [0, 0.05) is 23.6 Å². The molecule has 3 aromatic rings. The molecule has 0 spiro atoms. The Morgan fingerprint density at radius 2 is 1.85 bits per heavy atom. The molecule has 3 N–H and O–H groups in total. The number of rotatable bonds is 4. The third kappa shape index (κ3) is 3.66. The van der Waals surface area contributed by atoms with Crippen molar-refractivity contribution in [3.63, 3.8) is 0 Å². The van der Waals surface area contributed by atoms with Gasteiger partial charge in [0.05, 0.1) is 10.6 Å². The molecule has 0 aliphatic heterocycles. The average Bonchev–Trinajstić information content (AvgIpc) is 3.11. The predicted molar refractivity (Wildman–Crippen MR) is 98.8 cm³/mol. The van der Waals surface area contributed by atoms with E-state index in [-0.39, 0.29) is 10.5 Å². The van der Waals surface area contributed by atoms with Gasteiger partial charge in [-0.05, 0) is 67.4 Å². The van der Waals surface area contributed by atoms with Crippen molar-refractivity contribution >= 4 is 21.6 Å². The molecule has 0 saturated heterocycles. The van der Waals surface area contributed by atoms with Crippen molar-refractivity contribution in [3.05, 3.63) is 71.5 Å². The van der Waals surface area contributed by atoms with Gasteiger partial charge in [-0.3, -0.25) is 4.79 Å². The molecule has 1 heterocycles. The first-order valence-electron chi connectivity index (χ1n) is 7.81. The quantitative estimate of drug-likeness (QED) is 0.735. The van der Waals surface area contributed by atoms with E-state index in [0.717, 1.165) is 5.69 Å². The summed E-state index contributed by atoms with van der Waals surface area (Å²) in [4.78, 5) is 12.5. The summed E-state index contributed by atoms with van der Waals surface area (Å²) in [5, 5.41) is 12.1. The van der Waals surface area contributed by atoms with Crippen LogP contribution in [0.25, 0.3) is 5.69 Å². The molecule has 134 valence electrons. The minimum Gasteiger partial charge on any atom is -0.322 e. The second kappa shape index (κ2) is 6.74. The standard InChI is InChI=1S/C18H18N4O3S/c1-12-10-14(11-17(13(12)2)26(19,24)25)18(23)21-15-4-6-16(7-5-15)22-9-3-8-20-22/h3-11H,1-2H3,(H,21,23)(H2,19,24,25). The van der Waals surface area contributed by atoms with Crippen LogP contribution in [0, 0.1) is 13.8 Å². The van der Waals surface area contributed by atoms with Crippen molar-refractivity contribution in [1.82, 2.24) is 9.78 Å². The van der Waals surface area contributed by atoms with E-state index in [0.29, 0.717) is 16.8 Å². The van der Waals surface area contributed by atoms with E-state index in [4.69, 9.17) is 5.14 Å². The number of aromatic nitrogens is 2. The lowest BCUT2D eigenvalue weighted by Crippen LogP contribution is -2.17. The molecule has 26 heavy (non-hydrogen) atoms. The molecular weight excluding hydrogens is 352 g/mol. The van der Waals surface area contributed by atoms with Gasteiger partial charge in [0.2, 0.25) is 10.0 Å². The van der Waals surface area contributed by atoms with Crippen LogP contribution >= 0.6 is 0 Å². The molecule has 0 aliphatic rings. The van der Waals surface area contributed by atoms with Gasteiger partial charge < -0.3 is 5.32 Å². The van der Waals surface area contributed by atoms with E-state index in [1.807, 2.05) is 24.4 Å². The number of primary sulfonamides is 1. The van der Waals surface area contributed by atoms with Crippen molar-refractivity contribution in [3.8, 4) is 5.69 Å². The van der Waals surface area contributed by atoms with Crippen LogP contribution in [0.3, 0.4) is 0 Å². The molecular formula is C18H18N4O3S. The smallest absolute Gasteiger partial charge is 0.255 e. The van der Waals surface area contributed by atoms with Crippen molar-refractivity contribution < 1.29 is 13.2 Å². The summed E-state index contributed by atoms with van der Waals surface area (Å²) in [7, 11) is -3.91. The highest BCUT2D eigenvalue weighted by molar-refractivity contribution is 7.89. The maximum absolute atomic E-state index is 12.5. The molecule has 0 saturated carbocycles. The fourth-order valence-corrected chi connectivity index (χ4v) is 3.45. The van der Waals surface area contributed by atoms with E-state index in [9.17, 15) is 13.2 Å². The number of nitrogens with two attached hydrogens (primary N) is 1. The van der Waals surface area contributed by atoms with E-state index < -0.39 is 15.9 Å². The van der Waals surface area contributed by atoms with E-state index >= 15 is 0 Å². The number of benzene rings is 2. The highest BCUT2D eigenvalue weighted by atomic mass is 32.2. The number of hydrogen-bond acceptors (Lipinski definition) is 4. The van der Waals surface area contributed by atoms with Crippen LogP contribution in [0.5, 0.6) is 0 Å². The molecule has 0 aliphatic carbocycles. The van der Waals surface area contributed by atoms with Gasteiger partial charge >= 0.3 is 0 Å². The highest BCUT2D eigenvalue weighted by Crippen LogP contribution is 2.21. The van der Waals surface area contributed by atoms with Gasteiger partial charge in [0.15, 0.2) is 0 Å². The molecule has 1 aromatic heterocycles. The normalized spacial score (nSPS) is 11.3. The number of sulfonamides is 1. The molecule has 2 aromatic carbocycles. The summed E-state index contributed by atoms with van der Waals surface area (Å²) in [6, 6.07) is 11.9. The number of hydrogen-bond donors (Lipinski definition) is 2. The number of amides is 1. The summed E-state index contributed by atoms with van der Waals surface area (Å²) in [5.74, 6) is -0.412. The van der Waals surface area contributed by atoms with Crippen LogP contribution in [-0.4, -0.2) is 24.1 Å². The molecule has 3 rings (SSSR count). The van der Waals surface area contributed by atoms with Crippen molar-refractivity contribution in [2.24, 2.45) is 5.14 Å². The Labute approximate surface area is 151 Å². The van der Waals surface area contributed by atoms with Crippen molar-refractivity contribution in [2.75, 3.05) is 5.32 Å². The average molecular weight is 370 g/mol. The maximum atomic E-state index is 12.5. The molecule has 0 atom stereocenters. The second-order valence-corrected chi connectivity index (χ2v) is 7.44. The van der Waals surface area contributed by atoms with Gasteiger partial charge in [-0.15, -0.1) is 0 Å². The Hall–Kier alpha value is -2.97. The molecule has 7 nitrogen and oxygen atoms in total. The fourth-order valence-electron chi connectivity index (χ4n) is 2.58. The van der Waals surface area contributed by atoms with Gasteiger partial charge in [0.1, 0.15) is 0 Å². The Balaban J connectivity index is 1.85. The summed E-state index contributed by atoms with van der Waals surface area (Å²) >= 11 is 0. The van der Waals surface area contributed by atoms with Crippen LogP contribution < -0.4 is 10.5 Å². The van der Waals surface area contributed by atoms with Crippen LogP contribution in [0.2, 0.25) is 0 Å². The minimum atomic E-state index is -3.91. The van der Waals surface area contributed by atoms with Crippen molar-refractivity contribution in [1.29, 1.82) is 0 Å². The van der Waals surface area contributed by atoms with Gasteiger partial charge in [-0.1, -0.05) is 0 Å². The SMILES string of the molecule is Cc1cc(C(=O)Nc2ccc(-n3cccn3)cc2)cc(S(N)(=O)=O)c1C. The lowest BCUT2D eigenvalue weighted by molar-refractivity contribution is 0.102. The Morgan fingerprint density at radius 3 is 2.42 bits per heavy atom. The summed E-state index contributed by atoms with van der Waals surface area (Å²) in [6.07, 6.45) is 3.50. The van der Waals surface area contributed by atoms with Crippen LogP contribution in [0.4, 0.5) is 5.69 Å². The largest absolute Gasteiger partial charge is 0.322 e. The lowest BCUT2D eigenvalue weighted by atomic mass is 10.1. The number of nitrogens with one attached hydrogen (secondary N) is 1. The zero-order chi connectivity index (χ0) is 18.9. The Bertz CT molecular complexity index is 1060. The molecule has 1 amide bonds. The molecule has 0 radical (unpaired) electrons. The maximum Gasteiger partial charge on any atom is 0.255 e. The Morgan fingerprint density at radius 1 is 1.15 bits per heavy atom. The molecule has 8 heteroatoms. The summed E-state index contributed by atoms with van der Waals surface area (Å²) in [5.41, 5.74) is 2.88. The second-order valence-electron chi connectivity index (χ2n) is 5.91. The Kier molecular flexibility index (Phi) is 4.62. The third-order valence-corrected chi connectivity index (χ3v) is 5.12. The van der Waals surface area contributed by atoms with Gasteiger partial charge in [-0.2, -0.15) is 5.10 Å². The minimum absolute atomic E-state index is 0.0447. The number of nitrogens with zero attached hydrogens (tertiary/aromatic N) is 2. The number of carbonyl (C=O) groups excluding carboxylic acids is 1. The van der Waals surface area contributed by atoms with Crippen molar-refractivity contribution in [2.45, 2.75) is 18.7 Å². The number of anilines is 1. The summed E-state index contributed by atoms with van der Waals surface area (Å²) < 4.78 is 25.2. The first-order chi connectivity index (χ1) is 12.3. The van der Waals surface area contributed by atoms with Gasteiger partial charge in [-0.25, -0.2) is 18.2 Å². The fraction of sp³-hybridized carbons (Fsp3) is 0.111. The highest BCUT2D eigenvalue weighted by Gasteiger charge is 2.17. The predicted octanol–water partition coefficient (Wildman–Crippen LogP) is 2.39. The number of carbonyl (C=O) groups is 1. The first-order valence-corrected chi connectivity index (χ1v) is 9.36. The van der Waals surface area contributed by atoms with E-state index in [1.165, 1.54) is 6.07 Å². The zero-order valence-corrected chi connectivity index (χ0v) is 15.1. The molecule has 0 fully saturated rings. The van der Waals surface area contributed by atoms with Crippen LogP contribution in [0.15, 0.2) is 59.8 Å². The monoisotopic (exact) mass is 370 g/mol. The van der Waals surface area contributed by atoms with Gasteiger partial charge in [0.25, 0.3) is 5.91 Å². The summed E-state index contributed by atoms with van der Waals surface area (Å²) in [6.45, 7) is 3.39.